The smallest absolute Gasteiger partial charge is 0.261 e. The first-order valence-corrected chi connectivity index (χ1v) is 14.2. The maximum atomic E-state index is 9.19. The van der Waals surface area contributed by atoms with Crippen molar-refractivity contribution in [1.82, 2.24) is 0 Å². The fraction of sp³-hybridized carbons (Fsp3) is 0.379. The van der Waals surface area contributed by atoms with Crippen molar-refractivity contribution in [2.24, 2.45) is 0 Å². The van der Waals surface area contributed by atoms with Gasteiger partial charge in [-0.1, -0.05) is 24.3 Å². The molecule has 0 unspecified atom stereocenters. The molecule has 202 valence electrons. The minimum Gasteiger partial charge on any atom is -0.488 e. The Morgan fingerprint density at radius 1 is 0.703 bits per heavy atom. The molecule has 0 fully saturated rings. The third-order valence-electron chi connectivity index (χ3n) is 4.78. The Balaban J connectivity index is 0.000000877. The summed E-state index contributed by atoms with van der Waals surface area (Å²) in [7, 11) is 0.469. The van der Waals surface area contributed by atoms with Crippen LogP contribution in [0.2, 0.25) is 0 Å². The van der Waals surface area contributed by atoms with Gasteiger partial charge in [0.2, 0.25) is 0 Å². The van der Waals surface area contributed by atoms with Gasteiger partial charge in [-0.25, -0.2) is 0 Å². The number of anilines is 1. The van der Waals surface area contributed by atoms with Gasteiger partial charge in [0.15, 0.2) is 0 Å². The molecule has 0 aliphatic heterocycles. The molecule has 8 heteroatoms. The molecule has 37 heavy (non-hydrogen) atoms. The topological polar surface area (TPSA) is 76.1 Å². The minimum absolute atomic E-state index is 0.233. The monoisotopic (exact) mass is 545 g/mol. The van der Waals surface area contributed by atoms with Crippen LogP contribution < -0.4 is 14.4 Å². The van der Waals surface area contributed by atoms with Gasteiger partial charge < -0.3 is 14.4 Å². The van der Waals surface area contributed by atoms with Gasteiger partial charge in [0, 0.05) is 35.8 Å². The van der Waals surface area contributed by atoms with Crippen LogP contribution in [0.3, 0.4) is 0 Å². The maximum absolute atomic E-state index is 9.19. The van der Waals surface area contributed by atoms with Crippen LogP contribution in [0.25, 0.3) is 22.3 Å². The van der Waals surface area contributed by atoms with Crippen LogP contribution in [-0.4, -0.2) is 44.5 Å². The van der Waals surface area contributed by atoms with Crippen LogP contribution >= 0.6 is 12.6 Å². The van der Waals surface area contributed by atoms with Gasteiger partial charge in [0.25, 0.3) is 10.1 Å². The SMILES string of the molecule is CN(C)c1ccc(S)c(-c2ccc(OC(C)(C)C)cc2)c1-c1ccc(OC(C)(C)C)cc1.CS(=O)(=O)O. The summed E-state index contributed by atoms with van der Waals surface area (Å²) in [6.07, 6.45) is 0.715. The molecule has 3 aromatic rings. The molecule has 0 saturated heterocycles. The fourth-order valence-corrected chi connectivity index (χ4v) is 3.94. The van der Waals surface area contributed by atoms with Crippen LogP contribution in [0, 0.1) is 0 Å². The van der Waals surface area contributed by atoms with Crippen LogP contribution in [0.4, 0.5) is 5.69 Å². The van der Waals surface area contributed by atoms with Gasteiger partial charge in [-0.15, -0.1) is 12.6 Å². The highest BCUT2D eigenvalue weighted by Gasteiger charge is 2.19. The first kappa shape index (κ1) is 30.5. The van der Waals surface area contributed by atoms with Gasteiger partial charge in [-0.3, -0.25) is 4.55 Å². The number of ether oxygens (including phenoxy) is 2. The lowest BCUT2D eigenvalue weighted by Crippen LogP contribution is -2.22. The van der Waals surface area contributed by atoms with Gasteiger partial charge in [0.1, 0.15) is 22.7 Å². The second-order valence-corrected chi connectivity index (χ2v) is 12.9. The predicted molar refractivity (Wildman–Crippen MR) is 157 cm³/mol. The lowest BCUT2D eigenvalue weighted by Gasteiger charge is -2.24. The molecular weight excluding hydrogens is 506 g/mol. The number of nitrogens with zero attached hydrogens (tertiary/aromatic N) is 1. The Morgan fingerprint density at radius 2 is 1.05 bits per heavy atom. The summed E-state index contributed by atoms with van der Waals surface area (Å²) in [6, 6.07) is 20.8. The summed E-state index contributed by atoms with van der Waals surface area (Å²) in [5.41, 5.74) is 5.14. The molecule has 0 amide bonds. The lowest BCUT2D eigenvalue weighted by molar-refractivity contribution is 0.130. The van der Waals surface area contributed by atoms with Gasteiger partial charge >= 0.3 is 0 Å². The van der Waals surface area contributed by atoms with E-state index in [9.17, 15) is 8.42 Å². The van der Waals surface area contributed by atoms with E-state index in [2.05, 4.69) is 96.9 Å². The van der Waals surface area contributed by atoms with Crippen molar-refractivity contribution in [2.45, 2.75) is 57.6 Å². The number of benzene rings is 3. The Hall–Kier alpha value is -2.68. The third kappa shape index (κ3) is 10.3. The molecule has 6 nitrogen and oxygen atoms in total. The van der Waals surface area contributed by atoms with Crippen molar-refractivity contribution >= 4 is 28.4 Å². The molecule has 0 heterocycles. The van der Waals surface area contributed by atoms with Crippen molar-refractivity contribution in [3.05, 3.63) is 60.7 Å². The van der Waals surface area contributed by atoms with Gasteiger partial charge in [-0.05, 0) is 89.1 Å². The van der Waals surface area contributed by atoms with Crippen LogP contribution in [0.15, 0.2) is 65.6 Å². The first-order chi connectivity index (χ1) is 16.8. The molecule has 3 aromatic carbocycles. The number of hydrogen-bond acceptors (Lipinski definition) is 6. The zero-order valence-corrected chi connectivity index (χ0v) is 24.9. The zero-order chi connectivity index (χ0) is 28.2. The van der Waals surface area contributed by atoms with Crippen molar-refractivity contribution in [1.29, 1.82) is 0 Å². The standard InChI is InChI=1S/C28H35NO2S.CH4O3S/c1-27(2,3)30-21-13-9-19(10-14-21)25-23(29(7)8)17-18-24(32)26(25)20-11-15-22(16-12-20)31-28(4,5)6;1-5(2,3)4/h9-18,32H,1-8H3;1H3,(H,2,3,4). The minimum atomic E-state index is -3.67. The first-order valence-electron chi connectivity index (χ1n) is 11.9. The lowest BCUT2D eigenvalue weighted by atomic mass is 9.92. The normalized spacial score (nSPS) is 11.9. The van der Waals surface area contributed by atoms with Crippen LogP contribution in [-0.2, 0) is 10.1 Å². The quantitative estimate of drug-likeness (QED) is 0.260. The molecule has 0 bridgehead atoms. The average Bonchev–Trinajstić information content (AvgIpc) is 2.71. The molecule has 0 atom stereocenters. The third-order valence-corrected chi connectivity index (χ3v) is 5.15. The highest BCUT2D eigenvalue weighted by atomic mass is 32.2. The Morgan fingerprint density at radius 3 is 1.38 bits per heavy atom. The van der Waals surface area contributed by atoms with E-state index < -0.39 is 10.1 Å². The van der Waals surface area contributed by atoms with Crippen molar-refractivity contribution in [3.8, 4) is 33.8 Å². The second kappa shape index (κ2) is 11.8. The van der Waals surface area contributed by atoms with Crippen molar-refractivity contribution in [2.75, 3.05) is 25.3 Å². The van der Waals surface area contributed by atoms with Crippen LogP contribution in [0.1, 0.15) is 41.5 Å². The molecule has 0 spiro atoms. The summed E-state index contributed by atoms with van der Waals surface area (Å²) in [5.74, 6) is 1.72. The highest BCUT2D eigenvalue weighted by Crippen LogP contribution is 2.43. The summed E-state index contributed by atoms with van der Waals surface area (Å²) in [6.45, 7) is 12.3. The van der Waals surface area contributed by atoms with E-state index in [0.717, 1.165) is 44.3 Å². The summed E-state index contributed by atoms with van der Waals surface area (Å²) < 4.78 is 37.9. The molecule has 0 radical (unpaired) electrons. The number of hydrogen-bond donors (Lipinski definition) is 2. The van der Waals surface area contributed by atoms with E-state index in [4.69, 9.17) is 26.7 Å². The second-order valence-electron chi connectivity index (χ2n) is 11.0. The van der Waals surface area contributed by atoms with E-state index in [1.165, 1.54) is 0 Å². The maximum Gasteiger partial charge on any atom is 0.261 e. The Kier molecular flexibility index (Phi) is 9.74. The van der Waals surface area contributed by atoms with E-state index >= 15 is 0 Å². The predicted octanol–water partition coefficient (Wildman–Crippen LogP) is 7.23. The zero-order valence-electron chi connectivity index (χ0n) is 23.2. The molecule has 0 aliphatic rings. The molecular formula is C29H39NO5S2. The largest absolute Gasteiger partial charge is 0.488 e. The van der Waals surface area contributed by atoms with E-state index in [1.807, 2.05) is 24.3 Å². The number of thiol groups is 1. The van der Waals surface area contributed by atoms with Crippen molar-refractivity contribution in [3.63, 3.8) is 0 Å². The summed E-state index contributed by atoms with van der Waals surface area (Å²) >= 11 is 4.84. The van der Waals surface area contributed by atoms with Crippen LogP contribution in [0.5, 0.6) is 11.5 Å². The molecule has 3 rings (SSSR count). The Labute approximate surface area is 227 Å². The van der Waals surface area contributed by atoms with Gasteiger partial charge in [-0.2, -0.15) is 8.42 Å². The molecule has 0 aliphatic carbocycles. The van der Waals surface area contributed by atoms with Gasteiger partial charge in [0.05, 0.1) is 6.26 Å². The fourth-order valence-electron chi connectivity index (χ4n) is 3.62. The summed E-state index contributed by atoms with van der Waals surface area (Å²) in [5, 5.41) is 0. The summed E-state index contributed by atoms with van der Waals surface area (Å²) in [4.78, 5) is 3.08. The number of rotatable bonds is 5. The Bertz CT molecular complexity index is 1280. The molecule has 0 aromatic heterocycles. The van der Waals surface area contributed by atoms with Crippen molar-refractivity contribution < 1.29 is 22.4 Å². The highest BCUT2D eigenvalue weighted by molar-refractivity contribution is 7.85. The van der Waals surface area contributed by atoms with E-state index in [0.29, 0.717) is 6.26 Å². The average molecular weight is 546 g/mol. The van der Waals surface area contributed by atoms with E-state index in [1.54, 1.807) is 0 Å². The van der Waals surface area contributed by atoms with E-state index in [-0.39, 0.29) is 11.2 Å². The molecule has 0 saturated carbocycles. The molecule has 1 N–H and O–H groups in total.